The van der Waals surface area contributed by atoms with Crippen molar-refractivity contribution in [3.05, 3.63) is 87.5 Å². The van der Waals surface area contributed by atoms with Gasteiger partial charge in [-0.1, -0.05) is 41.9 Å². The zero-order valence-corrected chi connectivity index (χ0v) is 14.0. The van der Waals surface area contributed by atoms with Crippen LogP contribution in [-0.4, -0.2) is 10.8 Å². The second kappa shape index (κ2) is 7.32. The third-order valence-corrected chi connectivity index (χ3v) is 4.43. The van der Waals surface area contributed by atoms with Gasteiger partial charge >= 0.3 is 0 Å². The molecule has 1 amide bonds. The molecule has 1 aliphatic carbocycles. The number of allylic oxidation sites excluding steroid dienone is 2. The van der Waals surface area contributed by atoms with Crippen molar-refractivity contribution in [2.45, 2.75) is 12.8 Å². The molecule has 0 saturated heterocycles. The van der Waals surface area contributed by atoms with Crippen molar-refractivity contribution in [2.75, 3.05) is 5.32 Å². The van der Waals surface area contributed by atoms with Crippen molar-refractivity contribution >= 4 is 33.9 Å². The fourth-order valence-electron chi connectivity index (χ4n) is 2.69. The Balaban J connectivity index is 1.69. The smallest absolute Gasteiger partial charge is 0.269 e. The molecule has 3 rings (SSSR count). The topological polar surface area (TPSA) is 72.2 Å². The van der Waals surface area contributed by atoms with Crippen molar-refractivity contribution in [3.63, 3.8) is 0 Å². The number of nitro benzene ring substituents is 1. The second-order valence-corrected chi connectivity index (χ2v) is 6.00. The first kappa shape index (κ1) is 16.9. The van der Waals surface area contributed by atoms with Gasteiger partial charge in [0.15, 0.2) is 0 Å². The van der Waals surface area contributed by atoms with E-state index in [0.717, 1.165) is 24.0 Å². The number of aryl methyl sites for hydroxylation is 1. The standard InChI is InChI=1S/C19H15ClN2O3/c20-19-14(6-5-13-3-1-2-4-17(13)19)7-12-18(23)21-15-8-10-16(11-9-15)22(24)25/h1-4,7-12H,5-6H2,(H,21,23)/b12-7+. The van der Waals surface area contributed by atoms with Crippen LogP contribution < -0.4 is 5.32 Å². The highest BCUT2D eigenvalue weighted by atomic mass is 35.5. The number of halogens is 1. The highest BCUT2D eigenvalue weighted by molar-refractivity contribution is 6.49. The fourth-order valence-corrected chi connectivity index (χ4v) is 3.03. The Bertz CT molecular complexity index is 886. The van der Waals surface area contributed by atoms with Gasteiger partial charge in [-0.15, -0.1) is 0 Å². The molecule has 25 heavy (non-hydrogen) atoms. The molecule has 2 aromatic rings. The molecule has 1 N–H and O–H groups in total. The average Bonchev–Trinajstić information content (AvgIpc) is 2.62. The van der Waals surface area contributed by atoms with Gasteiger partial charge in [-0.3, -0.25) is 14.9 Å². The van der Waals surface area contributed by atoms with Crippen LogP contribution in [0.25, 0.3) is 5.03 Å². The molecule has 1 aliphatic rings. The number of carbonyl (C=O) groups excluding carboxylic acids is 1. The van der Waals surface area contributed by atoms with E-state index in [1.54, 1.807) is 6.08 Å². The first-order valence-electron chi connectivity index (χ1n) is 7.75. The molecular weight excluding hydrogens is 340 g/mol. The summed E-state index contributed by atoms with van der Waals surface area (Å²) < 4.78 is 0. The Labute approximate surface area is 149 Å². The van der Waals surface area contributed by atoms with E-state index < -0.39 is 4.92 Å². The molecule has 5 nitrogen and oxygen atoms in total. The summed E-state index contributed by atoms with van der Waals surface area (Å²) in [6, 6.07) is 13.6. The van der Waals surface area contributed by atoms with Crippen LogP contribution in [0.2, 0.25) is 0 Å². The molecule has 0 aromatic heterocycles. The van der Waals surface area contributed by atoms with E-state index in [4.69, 9.17) is 11.6 Å². The molecule has 0 radical (unpaired) electrons. The minimum Gasteiger partial charge on any atom is -0.323 e. The number of nitrogens with one attached hydrogen (secondary N) is 1. The van der Waals surface area contributed by atoms with Gasteiger partial charge in [0, 0.05) is 23.9 Å². The molecule has 0 heterocycles. The summed E-state index contributed by atoms with van der Waals surface area (Å²) >= 11 is 6.44. The van der Waals surface area contributed by atoms with Crippen LogP contribution >= 0.6 is 11.6 Å². The number of fused-ring (bicyclic) bond motifs is 1. The van der Waals surface area contributed by atoms with E-state index >= 15 is 0 Å². The Kier molecular flexibility index (Phi) is 4.95. The number of non-ortho nitro benzene ring substituents is 1. The maximum absolute atomic E-state index is 12.0. The molecule has 0 saturated carbocycles. The highest BCUT2D eigenvalue weighted by Crippen LogP contribution is 2.34. The maximum Gasteiger partial charge on any atom is 0.269 e. The van der Waals surface area contributed by atoms with Crippen LogP contribution in [0.3, 0.4) is 0 Å². The maximum atomic E-state index is 12.0. The lowest BCUT2D eigenvalue weighted by atomic mass is 9.92. The molecule has 0 bridgehead atoms. The molecule has 0 fully saturated rings. The van der Waals surface area contributed by atoms with Gasteiger partial charge in [0.2, 0.25) is 5.91 Å². The first-order valence-corrected chi connectivity index (χ1v) is 8.13. The van der Waals surface area contributed by atoms with Crippen LogP contribution in [0.1, 0.15) is 17.5 Å². The molecule has 6 heteroatoms. The number of nitro groups is 1. The van der Waals surface area contributed by atoms with Gasteiger partial charge in [-0.2, -0.15) is 0 Å². The van der Waals surface area contributed by atoms with Gasteiger partial charge < -0.3 is 5.32 Å². The van der Waals surface area contributed by atoms with E-state index in [1.165, 1.54) is 35.9 Å². The number of benzene rings is 2. The summed E-state index contributed by atoms with van der Waals surface area (Å²) in [5, 5.41) is 14.0. The number of hydrogen-bond donors (Lipinski definition) is 1. The van der Waals surface area contributed by atoms with Gasteiger partial charge in [0.25, 0.3) is 5.69 Å². The predicted molar refractivity (Wildman–Crippen MR) is 98.4 cm³/mol. The van der Waals surface area contributed by atoms with Gasteiger partial charge in [0.05, 0.1) is 9.96 Å². The molecule has 0 aliphatic heterocycles. The van der Waals surface area contributed by atoms with Crippen molar-refractivity contribution in [1.29, 1.82) is 0 Å². The van der Waals surface area contributed by atoms with Crippen molar-refractivity contribution in [1.82, 2.24) is 0 Å². The normalized spacial score (nSPS) is 13.6. The quantitative estimate of drug-likeness (QED) is 0.492. The number of hydrogen-bond acceptors (Lipinski definition) is 3. The van der Waals surface area contributed by atoms with E-state index in [1.807, 2.05) is 18.2 Å². The number of rotatable bonds is 4. The molecule has 2 aromatic carbocycles. The van der Waals surface area contributed by atoms with Crippen molar-refractivity contribution < 1.29 is 9.72 Å². The molecule has 0 unspecified atom stereocenters. The van der Waals surface area contributed by atoms with Crippen LogP contribution in [-0.2, 0) is 11.2 Å². The minimum atomic E-state index is -0.485. The minimum absolute atomic E-state index is 0.0219. The van der Waals surface area contributed by atoms with Crippen LogP contribution in [0, 0.1) is 10.1 Å². The van der Waals surface area contributed by atoms with Gasteiger partial charge in [-0.25, -0.2) is 0 Å². The van der Waals surface area contributed by atoms with Crippen LogP contribution in [0.15, 0.2) is 66.3 Å². The largest absolute Gasteiger partial charge is 0.323 e. The number of amides is 1. The monoisotopic (exact) mass is 354 g/mol. The molecule has 0 spiro atoms. The highest BCUT2D eigenvalue weighted by Gasteiger charge is 2.15. The Morgan fingerprint density at radius 1 is 1.12 bits per heavy atom. The Hall–Kier alpha value is -2.92. The number of carbonyl (C=O) groups is 1. The second-order valence-electron chi connectivity index (χ2n) is 5.62. The predicted octanol–water partition coefficient (Wildman–Crippen LogP) is 4.69. The van der Waals surface area contributed by atoms with Crippen LogP contribution in [0.5, 0.6) is 0 Å². The van der Waals surface area contributed by atoms with E-state index in [2.05, 4.69) is 11.4 Å². The summed E-state index contributed by atoms with van der Waals surface area (Å²) in [4.78, 5) is 22.2. The average molecular weight is 355 g/mol. The van der Waals surface area contributed by atoms with Crippen LogP contribution in [0.4, 0.5) is 11.4 Å². The first-order chi connectivity index (χ1) is 12.0. The Morgan fingerprint density at radius 2 is 1.84 bits per heavy atom. The van der Waals surface area contributed by atoms with E-state index in [9.17, 15) is 14.9 Å². The van der Waals surface area contributed by atoms with E-state index in [0.29, 0.717) is 10.7 Å². The summed E-state index contributed by atoms with van der Waals surface area (Å²) in [7, 11) is 0. The zero-order valence-electron chi connectivity index (χ0n) is 13.2. The van der Waals surface area contributed by atoms with Gasteiger partial charge in [-0.05, 0) is 41.7 Å². The summed E-state index contributed by atoms with van der Waals surface area (Å²) in [6.07, 6.45) is 4.80. The molecule has 126 valence electrons. The van der Waals surface area contributed by atoms with Crippen molar-refractivity contribution in [2.24, 2.45) is 0 Å². The molecular formula is C19H15ClN2O3. The summed E-state index contributed by atoms with van der Waals surface area (Å²) in [6.45, 7) is 0. The fraction of sp³-hybridized carbons (Fsp3) is 0.105. The molecule has 0 atom stereocenters. The van der Waals surface area contributed by atoms with Gasteiger partial charge in [0.1, 0.15) is 0 Å². The third kappa shape index (κ3) is 3.95. The third-order valence-electron chi connectivity index (χ3n) is 3.98. The van der Waals surface area contributed by atoms with Crippen molar-refractivity contribution in [3.8, 4) is 0 Å². The lowest BCUT2D eigenvalue weighted by molar-refractivity contribution is -0.384. The summed E-state index contributed by atoms with van der Waals surface area (Å²) in [5.74, 6) is -0.315. The zero-order chi connectivity index (χ0) is 17.8. The Morgan fingerprint density at radius 3 is 2.56 bits per heavy atom. The van der Waals surface area contributed by atoms with E-state index in [-0.39, 0.29) is 11.6 Å². The number of anilines is 1. The lowest BCUT2D eigenvalue weighted by Crippen LogP contribution is -2.08. The SMILES string of the molecule is O=C(/C=C/C1=C(Cl)c2ccccc2CC1)Nc1ccc([N+](=O)[O-])cc1. The lowest BCUT2D eigenvalue weighted by Gasteiger charge is -2.17. The summed E-state index contributed by atoms with van der Waals surface area (Å²) in [5.41, 5.74) is 3.60. The number of nitrogens with zero attached hydrogens (tertiary/aromatic N) is 1.